The Hall–Kier alpha value is -2.33. The van der Waals surface area contributed by atoms with E-state index in [0.717, 1.165) is 36.2 Å². The minimum atomic E-state index is -0.0902. The van der Waals surface area contributed by atoms with Crippen LogP contribution in [0, 0.1) is 5.92 Å². The van der Waals surface area contributed by atoms with Crippen molar-refractivity contribution in [2.24, 2.45) is 5.92 Å². The second kappa shape index (κ2) is 18.8. The summed E-state index contributed by atoms with van der Waals surface area (Å²) in [5, 5.41) is 0. The first-order valence-electron chi connectivity index (χ1n) is 15.2. The molecule has 2 aromatic rings. The van der Waals surface area contributed by atoms with Crippen molar-refractivity contribution in [3.63, 3.8) is 0 Å². The van der Waals surface area contributed by atoms with Gasteiger partial charge in [0.2, 0.25) is 0 Å². The molecule has 0 N–H and O–H groups in total. The highest BCUT2D eigenvalue weighted by Crippen LogP contribution is 2.18. The summed E-state index contributed by atoms with van der Waals surface area (Å²) < 4.78 is 12.3. The molecular formula is C34H54NO3+. The van der Waals surface area contributed by atoms with E-state index in [2.05, 4.69) is 76.5 Å². The number of esters is 1. The number of hydrogen-bond acceptors (Lipinski definition) is 3. The third kappa shape index (κ3) is 14.0. The number of hydrogen-bond donors (Lipinski definition) is 0. The highest BCUT2D eigenvalue weighted by Gasteiger charge is 2.27. The van der Waals surface area contributed by atoms with Crippen molar-refractivity contribution in [2.45, 2.75) is 97.4 Å². The summed E-state index contributed by atoms with van der Waals surface area (Å²) in [7, 11) is 4.36. The van der Waals surface area contributed by atoms with Crippen LogP contribution in [0.3, 0.4) is 0 Å². The van der Waals surface area contributed by atoms with Gasteiger partial charge in [0.05, 0.1) is 33.9 Å². The largest absolute Gasteiger partial charge is 0.493 e. The van der Waals surface area contributed by atoms with Crippen molar-refractivity contribution in [2.75, 3.05) is 33.9 Å². The topological polar surface area (TPSA) is 35.5 Å². The molecule has 0 bridgehead atoms. The molecule has 0 heterocycles. The van der Waals surface area contributed by atoms with Crippen LogP contribution in [0.2, 0.25) is 0 Å². The molecule has 0 fully saturated rings. The minimum absolute atomic E-state index is 0.0898. The Labute approximate surface area is 233 Å². The smallest absolute Gasteiger partial charge is 0.314 e. The van der Waals surface area contributed by atoms with Gasteiger partial charge in [0.15, 0.2) is 0 Å². The molecule has 2 aromatic carbocycles. The fourth-order valence-corrected chi connectivity index (χ4v) is 5.04. The van der Waals surface area contributed by atoms with Gasteiger partial charge in [-0.2, -0.15) is 0 Å². The highest BCUT2D eigenvalue weighted by molar-refractivity contribution is 5.72. The van der Waals surface area contributed by atoms with Crippen LogP contribution in [-0.4, -0.2) is 44.3 Å². The molecule has 2 rings (SSSR count). The third-order valence-corrected chi connectivity index (χ3v) is 7.29. The molecule has 4 nitrogen and oxygen atoms in total. The van der Waals surface area contributed by atoms with Crippen molar-refractivity contribution < 1.29 is 18.8 Å². The average molecular weight is 525 g/mol. The summed E-state index contributed by atoms with van der Waals surface area (Å²) in [6.45, 7) is 6.96. The second-order valence-corrected chi connectivity index (χ2v) is 11.5. The maximum atomic E-state index is 12.7. The third-order valence-electron chi connectivity index (χ3n) is 7.29. The Bertz CT molecular complexity index is 863. The zero-order valence-corrected chi connectivity index (χ0v) is 24.8. The molecule has 1 unspecified atom stereocenters. The van der Waals surface area contributed by atoms with Crippen molar-refractivity contribution in [3.05, 3.63) is 65.7 Å². The Morgan fingerprint density at radius 1 is 0.737 bits per heavy atom. The lowest BCUT2D eigenvalue weighted by Gasteiger charge is -2.32. The number of carbonyl (C=O) groups is 1. The Balaban J connectivity index is 1.56. The van der Waals surface area contributed by atoms with Gasteiger partial charge < -0.3 is 14.0 Å². The predicted molar refractivity (Wildman–Crippen MR) is 159 cm³/mol. The quantitative estimate of drug-likeness (QED) is 0.0934. The first-order chi connectivity index (χ1) is 18.4. The number of carbonyl (C=O) groups excluding carboxylic acids is 1. The molecule has 0 aliphatic carbocycles. The van der Waals surface area contributed by atoms with E-state index >= 15 is 0 Å². The number of ether oxygens (including phenoxy) is 2. The standard InChI is InChI=1S/C34H54NO3/c1-5-7-8-9-10-11-12-13-15-19-30-22-24-33(25-23-30)37-26-18-27-38-34(36)32(6-2)29-35(3,4)28-31-20-16-14-17-21-31/h14,16-17,20-25,32H,5-13,15,18-19,26-29H2,1-4H3/q+1. The van der Waals surface area contributed by atoms with E-state index in [1.165, 1.54) is 68.9 Å². The fraction of sp³-hybridized carbons (Fsp3) is 0.618. The van der Waals surface area contributed by atoms with Gasteiger partial charge in [-0.25, -0.2) is 0 Å². The van der Waals surface area contributed by atoms with Crippen LogP contribution in [0.1, 0.15) is 95.6 Å². The number of rotatable bonds is 21. The van der Waals surface area contributed by atoms with E-state index in [-0.39, 0.29) is 11.9 Å². The molecule has 0 aromatic heterocycles. The Morgan fingerprint density at radius 2 is 1.37 bits per heavy atom. The lowest BCUT2D eigenvalue weighted by Crippen LogP contribution is -2.44. The number of nitrogens with zero attached hydrogens (tertiary/aromatic N) is 1. The zero-order chi connectivity index (χ0) is 27.5. The molecule has 4 heteroatoms. The van der Waals surface area contributed by atoms with Crippen LogP contribution in [0.25, 0.3) is 0 Å². The van der Waals surface area contributed by atoms with Crippen molar-refractivity contribution in [1.29, 1.82) is 0 Å². The predicted octanol–water partition coefficient (Wildman–Crippen LogP) is 8.37. The summed E-state index contributed by atoms with van der Waals surface area (Å²) in [5.74, 6) is 0.708. The lowest BCUT2D eigenvalue weighted by molar-refractivity contribution is -0.906. The van der Waals surface area contributed by atoms with Gasteiger partial charge in [0.1, 0.15) is 18.2 Å². The van der Waals surface area contributed by atoms with E-state index in [9.17, 15) is 4.79 Å². The monoisotopic (exact) mass is 524 g/mol. The van der Waals surface area contributed by atoms with Crippen LogP contribution in [-0.2, 0) is 22.5 Å². The molecule has 38 heavy (non-hydrogen) atoms. The van der Waals surface area contributed by atoms with Gasteiger partial charge in [-0.15, -0.1) is 0 Å². The van der Waals surface area contributed by atoms with E-state index in [4.69, 9.17) is 9.47 Å². The van der Waals surface area contributed by atoms with Crippen LogP contribution in [0.15, 0.2) is 54.6 Å². The first-order valence-corrected chi connectivity index (χ1v) is 15.2. The van der Waals surface area contributed by atoms with E-state index in [0.29, 0.717) is 19.6 Å². The molecule has 0 aliphatic rings. The Morgan fingerprint density at radius 3 is 2.00 bits per heavy atom. The molecule has 1 atom stereocenters. The van der Waals surface area contributed by atoms with Gasteiger partial charge in [0, 0.05) is 12.0 Å². The molecule has 0 saturated heterocycles. The summed E-state index contributed by atoms with van der Waals surface area (Å²) in [6.07, 6.45) is 14.9. The van der Waals surface area contributed by atoms with E-state index < -0.39 is 0 Å². The Kier molecular flexibility index (Phi) is 15.8. The average Bonchev–Trinajstić information content (AvgIpc) is 2.91. The highest BCUT2D eigenvalue weighted by atomic mass is 16.5. The van der Waals surface area contributed by atoms with Gasteiger partial charge >= 0.3 is 5.97 Å². The van der Waals surface area contributed by atoms with Crippen molar-refractivity contribution in [1.82, 2.24) is 0 Å². The molecule has 0 radical (unpaired) electrons. The van der Waals surface area contributed by atoms with Gasteiger partial charge in [0.25, 0.3) is 0 Å². The SMILES string of the molecule is CCCCCCCCCCCc1ccc(OCCCOC(=O)C(CC)C[N+](C)(C)Cc2ccccc2)cc1. The first kappa shape index (κ1) is 31.9. The van der Waals surface area contributed by atoms with Crippen molar-refractivity contribution in [3.8, 4) is 5.75 Å². The second-order valence-electron chi connectivity index (χ2n) is 11.5. The molecule has 0 spiro atoms. The summed E-state index contributed by atoms with van der Waals surface area (Å²) >= 11 is 0. The van der Waals surface area contributed by atoms with E-state index in [1.807, 2.05) is 6.07 Å². The maximum Gasteiger partial charge on any atom is 0.314 e. The molecule has 212 valence electrons. The number of benzene rings is 2. The molecule has 0 saturated carbocycles. The summed E-state index contributed by atoms with van der Waals surface area (Å²) in [4.78, 5) is 12.7. The van der Waals surface area contributed by atoms with Crippen LogP contribution in [0.5, 0.6) is 5.75 Å². The van der Waals surface area contributed by atoms with Gasteiger partial charge in [-0.1, -0.05) is 108 Å². The molecular weight excluding hydrogens is 470 g/mol. The normalized spacial score (nSPS) is 12.3. The molecule has 0 aliphatic heterocycles. The van der Waals surface area contributed by atoms with Gasteiger partial charge in [-0.3, -0.25) is 4.79 Å². The summed E-state index contributed by atoms with van der Waals surface area (Å²) in [6, 6.07) is 18.9. The van der Waals surface area contributed by atoms with Crippen LogP contribution >= 0.6 is 0 Å². The van der Waals surface area contributed by atoms with Gasteiger partial charge in [-0.05, 0) is 37.0 Å². The number of unbranched alkanes of at least 4 members (excludes halogenated alkanes) is 8. The minimum Gasteiger partial charge on any atom is -0.493 e. The van der Waals surface area contributed by atoms with Crippen molar-refractivity contribution >= 4 is 5.97 Å². The van der Waals surface area contributed by atoms with Crippen LogP contribution in [0.4, 0.5) is 0 Å². The maximum absolute atomic E-state index is 12.7. The zero-order valence-electron chi connectivity index (χ0n) is 24.8. The van der Waals surface area contributed by atoms with Crippen LogP contribution < -0.4 is 4.74 Å². The number of aryl methyl sites for hydroxylation is 1. The number of quaternary nitrogens is 1. The fourth-order valence-electron chi connectivity index (χ4n) is 5.04. The van der Waals surface area contributed by atoms with E-state index in [1.54, 1.807) is 0 Å². The molecule has 0 amide bonds. The lowest BCUT2D eigenvalue weighted by atomic mass is 10.0. The summed E-state index contributed by atoms with van der Waals surface area (Å²) in [5.41, 5.74) is 2.67.